The van der Waals surface area contributed by atoms with Crippen LogP contribution in [-0.4, -0.2) is 31.5 Å². The Morgan fingerprint density at radius 1 is 1.21 bits per heavy atom. The van der Waals surface area contributed by atoms with Crippen molar-refractivity contribution in [3.05, 3.63) is 69.4 Å². The van der Waals surface area contributed by atoms with Gasteiger partial charge in [0, 0.05) is 31.0 Å². The molecular formula is C20H21N5O3. The summed E-state index contributed by atoms with van der Waals surface area (Å²) in [6.45, 7) is 0.452. The molecule has 1 aromatic carbocycles. The predicted octanol–water partition coefficient (Wildman–Crippen LogP) is 1.32. The van der Waals surface area contributed by atoms with E-state index in [0.29, 0.717) is 30.3 Å². The minimum Gasteiger partial charge on any atom is -0.353 e. The molecule has 0 unspecified atom stereocenters. The van der Waals surface area contributed by atoms with Gasteiger partial charge >= 0.3 is 0 Å². The molecular weight excluding hydrogens is 358 g/mol. The minimum atomic E-state index is -0.157. The SMILES string of the molecule is O=C(CCCn1cnc2ccccc2c1=O)NC1CC(c2cc(=O)[nH]cn2)C1. The first-order chi connectivity index (χ1) is 13.6. The zero-order valence-electron chi connectivity index (χ0n) is 15.3. The van der Waals surface area contributed by atoms with Gasteiger partial charge in [0.05, 0.1) is 29.3 Å². The van der Waals surface area contributed by atoms with Crippen LogP contribution in [0.4, 0.5) is 0 Å². The molecule has 1 saturated carbocycles. The van der Waals surface area contributed by atoms with Gasteiger partial charge in [-0.25, -0.2) is 9.97 Å². The van der Waals surface area contributed by atoms with E-state index in [9.17, 15) is 14.4 Å². The maximum atomic E-state index is 12.4. The van der Waals surface area contributed by atoms with Gasteiger partial charge in [-0.1, -0.05) is 12.1 Å². The van der Waals surface area contributed by atoms with Gasteiger partial charge in [0.15, 0.2) is 0 Å². The van der Waals surface area contributed by atoms with Gasteiger partial charge in [0.2, 0.25) is 5.91 Å². The van der Waals surface area contributed by atoms with E-state index >= 15 is 0 Å². The number of carbonyl (C=O) groups is 1. The molecule has 0 saturated heterocycles. The number of nitrogens with one attached hydrogen (secondary N) is 2. The molecule has 3 aromatic rings. The number of para-hydroxylation sites is 1. The highest BCUT2D eigenvalue weighted by molar-refractivity contribution is 5.77. The Hall–Kier alpha value is -3.29. The fraction of sp³-hybridized carbons (Fsp3) is 0.350. The number of hydrogen-bond donors (Lipinski definition) is 2. The maximum Gasteiger partial charge on any atom is 0.261 e. The predicted molar refractivity (Wildman–Crippen MR) is 104 cm³/mol. The third-order valence-electron chi connectivity index (χ3n) is 5.16. The number of rotatable bonds is 6. The molecule has 4 rings (SSSR count). The molecule has 1 fully saturated rings. The quantitative estimate of drug-likeness (QED) is 0.671. The van der Waals surface area contributed by atoms with Crippen LogP contribution in [0.25, 0.3) is 10.9 Å². The van der Waals surface area contributed by atoms with Crippen LogP contribution in [0, 0.1) is 0 Å². The summed E-state index contributed by atoms with van der Waals surface area (Å²) in [5, 5.41) is 3.59. The number of fused-ring (bicyclic) bond motifs is 1. The van der Waals surface area contributed by atoms with E-state index < -0.39 is 0 Å². The van der Waals surface area contributed by atoms with Crippen LogP contribution >= 0.6 is 0 Å². The van der Waals surface area contributed by atoms with Crippen LogP contribution < -0.4 is 16.4 Å². The van der Waals surface area contributed by atoms with Crippen LogP contribution in [0.2, 0.25) is 0 Å². The van der Waals surface area contributed by atoms with Crippen molar-refractivity contribution in [3.8, 4) is 0 Å². The van der Waals surface area contributed by atoms with Gasteiger partial charge in [0.1, 0.15) is 0 Å². The van der Waals surface area contributed by atoms with Crippen molar-refractivity contribution in [3.63, 3.8) is 0 Å². The largest absolute Gasteiger partial charge is 0.353 e. The van der Waals surface area contributed by atoms with Crippen molar-refractivity contribution < 1.29 is 4.79 Å². The zero-order valence-corrected chi connectivity index (χ0v) is 15.3. The molecule has 1 amide bonds. The Morgan fingerprint density at radius 2 is 2.04 bits per heavy atom. The molecule has 144 valence electrons. The lowest BCUT2D eigenvalue weighted by Crippen LogP contribution is -2.43. The van der Waals surface area contributed by atoms with E-state index in [0.717, 1.165) is 18.5 Å². The number of benzene rings is 1. The summed E-state index contributed by atoms with van der Waals surface area (Å²) in [5.74, 6) is 0.193. The number of hydrogen-bond acceptors (Lipinski definition) is 5. The van der Waals surface area contributed by atoms with Crippen LogP contribution in [0.5, 0.6) is 0 Å². The molecule has 0 atom stereocenters. The van der Waals surface area contributed by atoms with Gasteiger partial charge in [-0.15, -0.1) is 0 Å². The monoisotopic (exact) mass is 379 g/mol. The fourth-order valence-electron chi connectivity index (χ4n) is 3.56. The Balaban J connectivity index is 1.24. The highest BCUT2D eigenvalue weighted by Gasteiger charge is 2.32. The van der Waals surface area contributed by atoms with Crippen LogP contribution in [0.15, 0.2) is 52.6 Å². The summed E-state index contributed by atoms with van der Waals surface area (Å²) in [4.78, 5) is 46.9. The average molecular weight is 379 g/mol. The summed E-state index contributed by atoms with van der Waals surface area (Å²) >= 11 is 0. The fourth-order valence-corrected chi connectivity index (χ4v) is 3.56. The number of H-pyrrole nitrogens is 1. The number of nitrogens with zero attached hydrogens (tertiary/aromatic N) is 3. The lowest BCUT2D eigenvalue weighted by molar-refractivity contribution is -0.122. The first-order valence-electron chi connectivity index (χ1n) is 9.38. The molecule has 2 heterocycles. The first-order valence-corrected chi connectivity index (χ1v) is 9.38. The van der Waals surface area contributed by atoms with E-state index in [-0.39, 0.29) is 29.0 Å². The second kappa shape index (κ2) is 7.75. The molecule has 1 aliphatic rings. The van der Waals surface area contributed by atoms with Gasteiger partial charge < -0.3 is 10.3 Å². The topological polar surface area (TPSA) is 110 Å². The van der Waals surface area contributed by atoms with Crippen molar-refractivity contribution in [2.75, 3.05) is 0 Å². The second-order valence-electron chi connectivity index (χ2n) is 7.13. The van der Waals surface area contributed by atoms with Crippen molar-refractivity contribution >= 4 is 16.8 Å². The summed E-state index contributed by atoms with van der Waals surface area (Å²) in [5.41, 5.74) is 1.21. The van der Waals surface area contributed by atoms with Gasteiger partial charge in [-0.2, -0.15) is 0 Å². The number of aromatic nitrogens is 4. The number of aryl methyl sites for hydroxylation is 1. The standard InChI is InChI=1S/C20H21N5O3/c26-18(24-14-8-13(9-14)17-10-19(27)22-11-21-17)6-3-7-25-12-23-16-5-2-1-4-15(16)20(25)28/h1-2,4-5,10-14H,3,6-9H2,(H,24,26)(H,21,22,27). The summed E-state index contributed by atoms with van der Waals surface area (Å²) in [6.07, 6.45) is 5.44. The summed E-state index contributed by atoms with van der Waals surface area (Å²) < 4.78 is 1.55. The minimum absolute atomic E-state index is 0.0240. The van der Waals surface area contributed by atoms with Crippen molar-refractivity contribution in [2.24, 2.45) is 0 Å². The molecule has 2 aromatic heterocycles. The first kappa shape index (κ1) is 18.1. The highest BCUT2D eigenvalue weighted by atomic mass is 16.2. The third-order valence-corrected chi connectivity index (χ3v) is 5.16. The van der Waals surface area contributed by atoms with Crippen molar-refractivity contribution in [1.82, 2.24) is 24.8 Å². The number of aromatic amines is 1. The second-order valence-corrected chi connectivity index (χ2v) is 7.13. The molecule has 0 radical (unpaired) electrons. The lowest BCUT2D eigenvalue weighted by atomic mass is 9.78. The normalized spacial score (nSPS) is 18.6. The van der Waals surface area contributed by atoms with E-state index in [2.05, 4.69) is 20.3 Å². The molecule has 8 heteroatoms. The Kier molecular flexibility index (Phi) is 5.01. The summed E-state index contributed by atoms with van der Waals surface area (Å²) in [6, 6.07) is 8.86. The van der Waals surface area contributed by atoms with Crippen molar-refractivity contribution in [2.45, 2.75) is 44.2 Å². The maximum absolute atomic E-state index is 12.4. The average Bonchev–Trinajstić information content (AvgIpc) is 2.66. The van der Waals surface area contributed by atoms with E-state index in [1.54, 1.807) is 10.6 Å². The van der Waals surface area contributed by atoms with Crippen LogP contribution in [0.3, 0.4) is 0 Å². The molecule has 8 nitrogen and oxygen atoms in total. The lowest BCUT2D eigenvalue weighted by Gasteiger charge is -2.35. The molecule has 0 bridgehead atoms. The third kappa shape index (κ3) is 3.85. The van der Waals surface area contributed by atoms with E-state index in [1.165, 1.54) is 18.7 Å². The smallest absolute Gasteiger partial charge is 0.261 e. The zero-order chi connectivity index (χ0) is 19.5. The van der Waals surface area contributed by atoms with E-state index in [1.807, 2.05) is 18.2 Å². The molecule has 2 N–H and O–H groups in total. The van der Waals surface area contributed by atoms with Gasteiger partial charge in [-0.3, -0.25) is 19.0 Å². The molecule has 0 spiro atoms. The van der Waals surface area contributed by atoms with Crippen molar-refractivity contribution in [1.29, 1.82) is 0 Å². The highest BCUT2D eigenvalue weighted by Crippen LogP contribution is 2.35. The van der Waals surface area contributed by atoms with Crippen LogP contribution in [-0.2, 0) is 11.3 Å². The number of carbonyl (C=O) groups excluding carboxylic acids is 1. The van der Waals surface area contributed by atoms with Gasteiger partial charge in [0.25, 0.3) is 11.1 Å². The number of amides is 1. The Bertz CT molecular complexity index is 1110. The Labute approximate surface area is 160 Å². The molecule has 1 aliphatic carbocycles. The summed E-state index contributed by atoms with van der Waals surface area (Å²) in [7, 11) is 0. The van der Waals surface area contributed by atoms with Gasteiger partial charge in [-0.05, 0) is 31.4 Å². The molecule has 0 aliphatic heterocycles. The van der Waals surface area contributed by atoms with E-state index in [4.69, 9.17) is 0 Å². The molecule has 28 heavy (non-hydrogen) atoms. The Morgan fingerprint density at radius 3 is 2.86 bits per heavy atom. The van der Waals surface area contributed by atoms with Crippen LogP contribution in [0.1, 0.15) is 37.3 Å².